The predicted molar refractivity (Wildman–Crippen MR) is 124 cm³/mol. The number of hydrogen-bond donors (Lipinski definition) is 1. The number of aliphatic carboxylic acids is 1. The van der Waals surface area contributed by atoms with Gasteiger partial charge in [-0.1, -0.05) is 55.8 Å². The maximum Gasteiger partial charge on any atom is 0.416 e. The van der Waals surface area contributed by atoms with Gasteiger partial charge in [-0.25, -0.2) is 0 Å². The van der Waals surface area contributed by atoms with Crippen LogP contribution in [0.2, 0.25) is 0 Å². The predicted octanol–water partition coefficient (Wildman–Crippen LogP) is 7.42. The van der Waals surface area contributed by atoms with Crippen molar-refractivity contribution in [2.75, 3.05) is 6.54 Å². The molecular weight excluding hydrogens is 427 g/mol. The number of piperidine rings is 1. The number of nitrogens with zero attached hydrogens (tertiary/aromatic N) is 1. The summed E-state index contributed by atoms with van der Waals surface area (Å²) >= 11 is 0. The zero-order valence-corrected chi connectivity index (χ0v) is 19.6. The largest absolute Gasteiger partial charge is 0.481 e. The van der Waals surface area contributed by atoms with Crippen LogP contribution in [0.5, 0.6) is 0 Å². The Morgan fingerprint density at radius 1 is 1.06 bits per heavy atom. The number of benzene rings is 2. The minimum atomic E-state index is -4.36. The summed E-state index contributed by atoms with van der Waals surface area (Å²) in [6.45, 7) is 7.06. The number of carboxylic acid groups (broad SMARTS) is 1. The normalized spacial score (nSPS) is 20.7. The molecule has 1 saturated heterocycles. The maximum atomic E-state index is 13.1. The first kappa shape index (κ1) is 25.3. The molecule has 0 bridgehead atoms. The molecule has 180 valence electrons. The minimum Gasteiger partial charge on any atom is -0.481 e. The summed E-state index contributed by atoms with van der Waals surface area (Å²) in [6, 6.07) is 13.9. The Labute approximate surface area is 194 Å². The highest BCUT2D eigenvalue weighted by Crippen LogP contribution is 2.43. The Bertz CT molecular complexity index is 906. The topological polar surface area (TPSA) is 40.5 Å². The Hall–Kier alpha value is -2.34. The number of aryl methyl sites for hydroxylation is 1. The molecule has 1 N–H and O–H groups in total. The van der Waals surface area contributed by atoms with Crippen LogP contribution >= 0.6 is 0 Å². The van der Waals surface area contributed by atoms with Crippen LogP contribution < -0.4 is 0 Å². The van der Waals surface area contributed by atoms with E-state index < -0.39 is 17.7 Å². The summed E-state index contributed by atoms with van der Waals surface area (Å²) in [5.41, 5.74) is 2.54. The second-order valence-electron chi connectivity index (χ2n) is 9.76. The lowest BCUT2D eigenvalue weighted by atomic mass is 9.82. The van der Waals surface area contributed by atoms with Crippen LogP contribution in [0.1, 0.15) is 80.3 Å². The van der Waals surface area contributed by atoms with E-state index in [1.54, 1.807) is 12.1 Å². The van der Waals surface area contributed by atoms with Crippen molar-refractivity contribution in [3.05, 3.63) is 70.8 Å². The molecule has 0 spiro atoms. The first-order valence-electron chi connectivity index (χ1n) is 11.8. The number of rotatable bonds is 8. The molecule has 1 heterocycles. The molecule has 6 heteroatoms. The monoisotopic (exact) mass is 461 g/mol. The molecule has 1 aliphatic heterocycles. The summed E-state index contributed by atoms with van der Waals surface area (Å²) in [7, 11) is 0. The fourth-order valence-corrected chi connectivity index (χ4v) is 4.89. The lowest BCUT2D eigenvalue weighted by molar-refractivity contribution is -0.139. The van der Waals surface area contributed by atoms with Gasteiger partial charge in [-0.2, -0.15) is 13.2 Å². The van der Waals surface area contributed by atoms with E-state index in [-0.39, 0.29) is 24.4 Å². The van der Waals surface area contributed by atoms with E-state index >= 15 is 0 Å². The molecule has 0 saturated carbocycles. The van der Waals surface area contributed by atoms with Gasteiger partial charge in [-0.05, 0) is 74.2 Å². The second-order valence-corrected chi connectivity index (χ2v) is 9.76. The van der Waals surface area contributed by atoms with Crippen LogP contribution in [-0.4, -0.2) is 22.5 Å². The third-order valence-electron chi connectivity index (χ3n) is 6.72. The molecule has 1 fully saturated rings. The zero-order chi connectivity index (χ0) is 24.2. The standard InChI is InChI=1S/C27H34F3NO2/c1-18(2)4-13-24(21-9-11-23(12-10-21)27(28,29)30)31-15-14-20(17-26(32)33)16-25(31)22-7-5-19(3)6-8-22/h5-12,18,20,24-25H,4,13-17H2,1-3H3,(H,32,33)/t20?,24-,25?/m1/s1. The van der Waals surface area contributed by atoms with Crippen LogP contribution in [0.15, 0.2) is 48.5 Å². The fourth-order valence-electron chi connectivity index (χ4n) is 4.89. The summed E-state index contributed by atoms with van der Waals surface area (Å²) in [5.74, 6) is -0.220. The molecule has 2 aromatic carbocycles. The molecule has 33 heavy (non-hydrogen) atoms. The molecule has 1 aliphatic rings. The first-order chi connectivity index (χ1) is 15.5. The van der Waals surface area contributed by atoms with Gasteiger partial charge in [0.1, 0.15) is 0 Å². The van der Waals surface area contributed by atoms with Gasteiger partial charge >= 0.3 is 12.1 Å². The summed E-state index contributed by atoms with van der Waals surface area (Å²) in [4.78, 5) is 13.8. The third kappa shape index (κ3) is 6.83. The molecule has 2 unspecified atom stereocenters. The first-order valence-corrected chi connectivity index (χ1v) is 11.8. The highest BCUT2D eigenvalue weighted by Gasteiger charge is 2.36. The fraction of sp³-hybridized carbons (Fsp3) is 0.519. The van der Waals surface area contributed by atoms with E-state index in [1.807, 2.05) is 6.92 Å². The van der Waals surface area contributed by atoms with Crippen molar-refractivity contribution in [3.8, 4) is 0 Å². The number of hydrogen-bond acceptors (Lipinski definition) is 2. The van der Waals surface area contributed by atoms with Crippen molar-refractivity contribution < 1.29 is 23.1 Å². The average Bonchev–Trinajstić information content (AvgIpc) is 2.74. The Balaban J connectivity index is 1.96. The SMILES string of the molecule is Cc1ccc(C2CC(CC(=O)O)CCN2[C@H](CCC(C)C)c2ccc(C(F)(F)F)cc2)cc1. The third-order valence-corrected chi connectivity index (χ3v) is 6.72. The molecule has 0 radical (unpaired) electrons. The Kier molecular flexibility index (Phi) is 8.22. The van der Waals surface area contributed by atoms with E-state index in [0.717, 1.165) is 48.9 Å². The smallest absolute Gasteiger partial charge is 0.416 e. The van der Waals surface area contributed by atoms with Gasteiger partial charge in [-0.3, -0.25) is 9.69 Å². The summed E-state index contributed by atoms with van der Waals surface area (Å²) in [5, 5.41) is 9.34. The lowest BCUT2D eigenvalue weighted by Gasteiger charge is -2.44. The van der Waals surface area contributed by atoms with Gasteiger partial charge in [0.25, 0.3) is 0 Å². The average molecular weight is 462 g/mol. The van der Waals surface area contributed by atoms with E-state index in [2.05, 4.69) is 43.0 Å². The molecule has 2 aromatic rings. The van der Waals surface area contributed by atoms with Gasteiger partial charge in [0.2, 0.25) is 0 Å². The number of carboxylic acids is 1. The molecule has 0 amide bonds. The van der Waals surface area contributed by atoms with Gasteiger partial charge in [0.15, 0.2) is 0 Å². The lowest BCUT2D eigenvalue weighted by Crippen LogP contribution is -2.40. The van der Waals surface area contributed by atoms with Crippen molar-refractivity contribution in [2.45, 2.75) is 71.1 Å². The van der Waals surface area contributed by atoms with Crippen molar-refractivity contribution in [1.29, 1.82) is 0 Å². The zero-order valence-electron chi connectivity index (χ0n) is 19.6. The molecule has 0 aliphatic carbocycles. The summed E-state index contributed by atoms with van der Waals surface area (Å²) < 4.78 is 39.4. The number of halogens is 3. The van der Waals surface area contributed by atoms with Crippen LogP contribution in [0, 0.1) is 18.8 Å². The van der Waals surface area contributed by atoms with E-state index in [4.69, 9.17) is 0 Å². The van der Waals surface area contributed by atoms with Crippen molar-refractivity contribution >= 4 is 5.97 Å². The van der Waals surface area contributed by atoms with Gasteiger partial charge < -0.3 is 5.11 Å². The van der Waals surface area contributed by atoms with Crippen molar-refractivity contribution in [3.63, 3.8) is 0 Å². The molecule has 3 rings (SSSR count). The minimum absolute atomic E-state index is 0.0215. The molecule has 3 nitrogen and oxygen atoms in total. The quantitative estimate of drug-likeness (QED) is 0.445. The van der Waals surface area contributed by atoms with Gasteiger partial charge in [-0.15, -0.1) is 0 Å². The van der Waals surface area contributed by atoms with E-state index in [1.165, 1.54) is 12.1 Å². The number of carbonyl (C=O) groups is 1. The summed E-state index contributed by atoms with van der Waals surface area (Å²) in [6.07, 6.45) is -0.906. The Morgan fingerprint density at radius 2 is 1.70 bits per heavy atom. The van der Waals surface area contributed by atoms with Crippen LogP contribution in [0.3, 0.4) is 0 Å². The highest BCUT2D eigenvalue weighted by molar-refractivity contribution is 5.67. The number of likely N-dealkylation sites (tertiary alicyclic amines) is 1. The van der Waals surface area contributed by atoms with Gasteiger partial charge in [0.05, 0.1) is 5.56 Å². The second kappa shape index (κ2) is 10.7. The van der Waals surface area contributed by atoms with Crippen molar-refractivity contribution in [1.82, 2.24) is 4.90 Å². The van der Waals surface area contributed by atoms with Gasteiger partial charge in [0, 0.05) is 18.5 Å². The van der Waals surface area contributed by atoms with E-state index in [0.29, 0.717) is 5.92 Å². The Morgan fingerprint density at radius 3 is 2.24 bits per heavy atom. The van der Waals surface area contributed by atoms with E-state index in [9.17, 15) is 23.1 Å². The van der Waals surface area contributed by atoms with Crippen molar-refractivity contribution in [2.24, 2.45) is 11.8 Å². The van der Waals surface area contributed by atoms with Crippen LogP contribution in [0.25, 0.3) is 0 Å². The van der Waals surface area contributed by atoms with Crippen LogP contribution in [-0.2, 0) is 11.0 Å². The van der Waals surface area contributed by atoms with Crippen LogP contribution in [0.4, 0.5) is 13.2 Å². The molecular formula is C27H34F3NO2. The number of alkyl halides is 3. The highest BCUT2D eigenvalue weighted by atomic mass is 19.4. The molecule has 0 aromatic heterocycles. The maximum absolute atomic E-state index is 13.1. The molecule has 3 atom stereocenters.